The maximum absolute atomic E-state index is 6.11. The molecule has 1 N–H and O–H groups in total. The molecule has 3 aromatic rings. The van der Waals surface area contributed by atoms with Crippen LogP contribution in [0.3, 0.4) is 0 Å². The Morgan fingerprint density at radius 3 is 2.90 bits per heavy atom. The van der Waals surface area contributed by atoms with E-state index in [2.05, 4.69) is 33.4 Å². The predicted molar refractivity (Wildman–Crippen MR) is 126 cm³/mol. The molecule has 0 saturated carbocycles. The minimum Gasteiger partial charge on any atom is -0.467 e. The Labute approximate surface area is 193 Å². The van der Waals surface area contributed by atoms with Crippen molar-refractivity contribution in [1.82, 2.24) is 25.0 Å². The zero-order valence-electron chi connectivity index (χ0n) is 16.6. The molecule has 7 nitrogen and oxygen atoms in total. The number of hydrogen-bond donors (Lipinski definition) is 1. The van der Waals surface area contributed by atoms with Gasteiger partial charge in [-0.25, -0.2) is 4.99 Å². The van der Waals surface area contributed by atoms with Crippen molar-refractivity contribution in [3.05, 3.63) is 71.2 Å². The van der Waals surface area contributed by atoms with Crippen LogP contribution < -0.4 is 5.32 Å². The number of nitrogens with one attached hydrogen (secondary N) is 1. The van der Waals surface area contributed by atoms with E-state index in [1.807, 2.05) is 41.9 Å². The molecule has 0 unspecified atom stereocenters. The quantitative estimate of drug-likeness (QED) is 0.272. The molecule has 0 spiro atoms. The monoisotopic (exact) mass is 528 g/mol. The van der Waals surface area contributed by atoms with Gasteiger partial charge in [-0.15, -0.1) is 34.2 Å². The molecule has 0 radical (unpaired) electrons. The van der Waals surface area contributed by atoms with Gasteiger partial charge in [0, 0.05) is 38.1 Å². The molecule has 0 fully saturated rings. The van der Waals surface area contributed by atoms with Gasteiger partial charge < -0.3 is 19.2 Å². The zero-order valence-corrected chi connectivity index (χ0v) is 19.7. The van der Waals surface area contributed by atoms with Gasteiger partial charge >= 0.3 is 0 Å². The van der Waals surface area contributed by atoms with Gasteiger partial charge in [-0.2, -0.15) is 0 Å². The number of aromatic nitrogens is 3. The normalized spacial score (nSPS) is 11.2. The molecule has 2 heterocycles. The van der Waals surface area contributed by atoms with Gasteiger partial charge in [0.2, 0.25) is 0 Å². The van der Waals surface area contributed by atoms with Gasteiger partial charge in [0.25, 0.3) is 0 Å². The lowest BCUT2D eigenvalue weighted by molar-refractivity contribution is 0.464. The second-order valence-corrected chi connectivity index (χ2v) is 6.86. The number of furan rings is 1. The molecule has 3 rings (SSSR count). The average Bonchev–Trinajstić information content (AvgIpc) is 3.36. The summed E-state index contributed by atoms with van der Waals surface area (Å²) in [5, 5.41) is 12.3. The molecule has 9 heteroatoms. The highest BCUT2D eigenvalue weighted by Gasteiger charge is 2.09. The van der Waals surface area contributed by atoms with E-state index in [-0.39, 0.29) is 24.0 Å². The van der Waals surface area contributed by atoms with Gasteiger partial charge in [-0.3, -0.25) is 0 Å². The van der Waals surface area contributed by atoms with Crippen LogP contribution >= 0.6 is 35.6 Å². The Kier molecular flexibility index (Phi) is 9.46. The molecule has 156 valence electrons. The molecule has 1 aromatic carbocycles. The fourth-order valence-corrected chi connectivity index (χ4v) is 3.09. The van der Waals surface area contributed by atoms with Crippen molar-refractivity contribution in [2.45, 2.75) is 33.0 Å². The summed E-state index contributed by atoms with van der Waals surface area (Å²) in [7, 11) is 2.01. The lowest BCUT2D eigenvalue weighted by Crippen LogP contribution is -2.40. The predicted octanol–water partition coefficient (Wildman–Crippen LogP) is 3.98. The second kappa shape index (κ2) is 11.8. The van der Waals surface area contributed by atoms with Crippen LogP contribution in [0.5, 0.6) is 0 Å². The van der Waals surface area contributed by atoms with Gasteiger partial charge in [0.1, 0.15) is 24.5 Å². The lowest BCUT2D eigenvalue weighted by atomic mass is 10.2. The standard InChI is InChI=1S/C20H25ClN6O.HI/c1-3-19-25-24-15-27(19)10-9-22-20(23-13-18-8-5-11-28-18)26(2)14-16-6-4-7-17(21)12-16;/h4-8,11-12,15H,3,9-10,13-14H2,1-2H3,(H,22,23);1H. The van der Waals surface area contributed by atoms with Crippen molar-refractivity contribution in [2.24, 2.45) is 4.99 Å². The summed E-state index contributed by atoms with van der Waals surface area (Å²) in [4.78, 5) is 6.78. The number of aryl methyl sites for hydroxylation is 1. The van der Waals surface area contributed by atoms with E-state index in [1.54, 1.807) is 12.6 Å². The highest BCUT2D eigenvalue weighted by Crippen LogP contribution is 2.12. The maximum atomic E-state index is 6.11. The first-order valence-electron chi connectivity index (χ1n) is 9.28. The van der Waals surface area contributed by atoms with Crippen LogP contribution in [0.25, 0.3) is 0 Å². The van der Waals surface area contributed by atoms with Crippen molar-refractivity contribution in [3.8, 4) is 0 Å². The summed E-state index contributed by atoms with van der Waals surface area (Å²) < 4.78 is 7.45. The lowest BCUT2D eigenvalue weighted by Gasteiger charge is -2.23. The first-order valence-corrected chi connectivity index (χ1v) is 9.66. The van der Waals surface area contributed by atoms with Crippen LogP contribution in [0.1, 0.15) is 24.1 Å². The fraction of sp³-hybridized carbons (Fsp3) is 0.350. The Morgan fingerprint density at radius 1 is 1.31 bits per heavy atom. The highest BCUT2D eigenvalue weighted by molar-refractivity contribution is 14.0. The Morgan fingerprint density at radius 2 is 2.17 bits per heavy atom. The average molecular weight is 529 g/mol. The first kappa shape index (κ1) is 23.2. The summed E-state index contributed by atoms with van der Waals surface area (Å²) >= 11 is 6.11. The fourth-order valence-electron chi connectivity index (χ4n) is 2.88. The minimum atomic E-state index is 0. The van der Waals surface area contributed by atoms with E-state index in [9.17, 15) is 0 Å². The number of guanidine groups is 1. The van der Waals surface area contributed by atoms with Crippen molar-refractivity contribution >= 4 is 41.5 Å². The molecule has 29 heavy (non-hydrogen) atoms. The molecule has 0 aliphatic heterocycles. The topological polar surface area (TPSA) is 71.5 Å². The molecule has 0 saturated heterocycles. The van der Waals surface area contributed by atoms with Crippen molar-refractivity contribution < 1.29 is 4.42 Å². The summed E-state index contributed by atoms with van der Waals surface area (Å²) in [6, 6.07) is 11.6. The molecule has 0 amide bonds. The number of nitrogens with zero attached hydrogens (tertiary/aromatic N) is 5. The zero-order chi connectivity index (χ0) is 19.8. The molecule has 2 aromatic heterocycles. The number of hydrogen-bond acceptors (Lipinski definition) is 4. The SMILES string of the molecule is CCc1nncn1CCNC(=NCc1ccco1)N(C)Cc1cccc(Cl)c1.I. The summed E-state index contributed by atoms with van der Waals surface area (Å²) in [6.07, 6.45) is 4.27. The van der Waals surface area contributed by atoms with E-state index in [0.717, 1.165) is 41.1 Å². The van der Waals surface area contributed by atoms with Crippen LogP contribution in [0.2, 0.25) is 5.02 Å². The van der Waals surface area contributed by atoms with Crippen LogP contribution in [0.15, 0.2) is 58.4 Å². The Balaban J connectivity index is 0.00000300. The van der Waals surface area contributed by atoms with Gasteiger partial charge in [-0.1, -0.05) is 30.7 Å². The van der Waals surface area contributed by atoms with E-state index in [1.165, 1.54) is 0 Å². The number of benzene rings is 1. The summed E-state index contributed by atoms with van der Waals surface area (Å²) in [5.41, 5.74) is 1.12. The van der Waals surface area contributed by atoms with E-state index < -0.39 is 0 Å². The van der Waals surface area contributed by atoms with Crippen LogP contribution in [-0.2, 0) is 26.1 Å². The summed E-state index contributed by atoms with van der Waals surface area (Å²) in [5.74, 6) is 2.59. The van der Waals surface area contributed by atoms with Gasteiger partial charge in [0.15, 0.2) is 5.96 Å². The van der Waals surface area contributed by atoms with E-state index in [4.69, 9.17) is 21.0 Å². The maximum Gasteiger partial charge on any atom is 0.194 e. The largest absolute Gasteiger partial charge is 0.467 e. The smallest absolute Gasteiger partial charge is 0.194 e. The van der Waals surface area contributed by atoms with E-state index >= 15 is 0 Å². The van der Waals surface area contributed by atoms with Crippen LogP contribution in [0, 0.1) is 0 Å². The van der Waals surface area contributed by atoms with Crippen molar-refractivity contribution in [2.75, 3.05) is 13.6 Å². The molecule has 0 atom stereocenters. The molecular weight excluding hydrogens is 503 g/mol. The van der Waals surface area contributed by atoms with Crippen LogP contribution in [-0.4, -0.2) is 39.2 Å². The molecular formula is C20H26ClIN6O. The number of aliphatic imine (C=N–C) groups is 1. The number of halogens is 2. The van der Waals surface area contributed by atoms with Crippen molar-refractivity contribution in [3.63, 3.8) is 0 Å². The highest BCUT2D eigenvalue weighted by atomic mass is 127. The third-order valence-corrected chi connectivity index (χ3v) is 4.52. The molecule has 0 aliphatic carbocycles. The number of rotatable bonds is 8. The molecule has 0 bridgehead atoms. The Bertz CT molecular complexity index is 896. The van der Waals surface area contributed by atoms with Gasteiger partial charge in [-0.05, 0) is 29.8 Å². The third kappa shape index (κ3) is 7.04. The van der Waals surface area contributed by atoms with E-state index in [0.29, 0.717) is 19.6 Å². The summed E-state index contributed by atoms with van der Waals surface area (Å²) in [6.45, 7) is 4.71. The van der Waals surface area contributed by atoms with Crippen LogP contribution in [0.4, 0.5) is 0 Å². The van der Waals surface area contributed by atoms with Crippen molar-refractivity contribution in [1.29, 1.82) is 0 Å². The van der Waals surface area contributed by atoms with Gasteiger partial charge in [0.05, 0.1) is 6.26 Å². The first-order chi connectivity index (χ1) is 13.7. The third-order valence-electron chi connectivity index (χ3n) is 4.28. The minimum absolute atomic E-state index is 0. The Hall–Kier alpha value is -2.07. The molecule has 0 aliphatic rings. The second-order valence-electron chi connectivity index (χ2n) is 6.43.